The van der Waals surface area contributed by atoms with Gasteiger partial charge in [0, 0.05) is 5.02 Å². The van der Waals surface area contributed by atoms with Crippen LogP contribution in [0.1, 0.15) is 44.3 Å². The number of rotatable bonds is 3. The van der Waals surface area contributed by atoms with E-state index in [4.69, 9.17) is 16.3 Å². The minimum absolute atomic E-state index is 0.00282. The van der Waals surface area contributed by atoms with Crippen LogP contribution in [0.2, 0.25) is 5.02 Å². The Labute approximate surface area is 139 Å². The van der Waals surface area contributed by atoms with Crippen molar-refractivity contribution >= 4 is 23.4 Å². The summed E-state index contributed by atoms with van der Waals surface area (Å²) in [7, 11) is 0. The van der Waals surface area contributed by atoms with Gasteiger partial charge in [0.15, 0.2) is 11.5 Å². The molecule has 0 spiro atoms. The van der Waals surface area contributed by atoms with Crippen LogP contribution in [0.15, 0.2) is 30.3 Å². The summed E-state index contributed by atoms with van der Waals surface area (Å²) in [6, 6.07) is 9.81. The molecular formula is C18H14ClNO3. The quantitative estimate of drug-likeness (QED) is 0.480. The third-order valence-corrected chi connectivity index (χ3v) is 3.82. The fraction of sp³-hybridized carbons (Fsp3) is 0.167. The molecule has 2 aromatic rings. The van der Waals surface area contributed by atoms with Gasteiger partial charge in [-0.25, -0.2) is 4.79 Å². The first-order valence-corrected chi connectivity index (χ1v) is 7.26. The number of ether oxygens (including phenoxy) is 1. The van der Waals surface area contributed by atoms with Gasteiger partial charge in [0.25, 0.3) is 0 Å². The lowest BCUT2D eigenvalue weighted by Gasteiger charge is -2.14. The summed E-state index contributed by atoms with van der Waals surface area (Å²) in [4.78, 5) is 24.1. The van der Waals surface area contributed by atoms with E-state index < -0.39 is 5.97 Å². The van der Waals surface area contributed by atoms with Crippen molar-refractivity contribution in [3.63, 3.8) is 0 Å². The van der Waals surface area contributed by atoms with E-state index in [-0.39, 0.29) is 28.2 Å². The van der Waals surface area contributed by atoms with Gasteiger partial charge in [0.1, 0.15) is 6.07 Å². The molecule has 4 nitrogen and oxygen atoms in total. The maximum absolute atomic E-state index is 12.3. The van der Waals surface area contributed by atoms with Crippen molar-refractivity contribution in [2.45, 2.75) is 20.8 Å². The number of Topliss-reactive ketones (excluding diaryl/α,β-unsaturated/α-hetero) is 1. The molecule has 23 heavy (non-hydrogen) atoms. The first-order chi connectivity index (χ1) is 10.8. The van der Waals surface area contributed by atoms with Gasteiger partial charge in [0.05, 0.1) is 16.7 Å². The van der Waals surface area contributed by atoms with Gasteiger partial charge < -0.3 is 4.74 Å². The van der Waals surface area contributed by atoms with Gasteiger partial charge >= 0.3 is 5.97 Å². The molecule has 5 heteroatoms. The van der Waals surface area contributed by atoms with Gasteiger partial charge in [0.2, 0.25) is 0 Å². The van der Waals surface area contributed by atoms with E-state index >= 15 is 0 Å². The van der Waals surface area contributed by atoms with Gasteiger partial charge in [-0.3, -0.25) is 4.79 Å². The average Bonchev–Trinajstić information content (AvgIpc) is 2.51. The van der Waals surface area contributed by atoms with Crippen LogP contribution in [-0.2, 0) is 0 Å². The Balaban J connectivity index is 2.52. The molecule has 0 aliphatic carbocycles. The standard InChI is InChI=1S/C18H14ClNO3/c1-10-8-15(12(3)21)17(16(9-20)11(10)2)23-18(22)13-4-6-14(19)7-5-13/h4-8H,1-3H3. The number of carbonyl (C=O) groups excluding carboxylic acids is 2. The molecule has 0 fully saturated rings. The van der Waals surface area contributed by atoms with Crippen LogP contribution < -0.4 is 4.74 Å². The smallest absolute Gasteiger partial charge is 0.343 e. The zero-order valence-electron chi connectivity index (χ0n) is 12.9. The first-order valence-electron chi connectivity index (χ1n) is 6.88. The normalized spacial score (nSPS) is 10.0. The molecule has 0 atom stereocenters. The van der Waals surface area contributed by atoms with Crippen molar-refractivity contribution in [1.29, 1.82) is 5.26 Å². The van der Waals surface area contributed by atoms with Crippen LogP contribution >= 0.6 is 11.6 Å². The molecule has 2 rings (SSSR count). The van der Waals surface area contributed by atoms with Crippen LogP contribution in [0.4, 0.5) is 0 Å². The maximum Gasteiger partial charge on any atom is 0.343 e. The van der Waals surface area contributed by atoms with E-state index in [1.54, 1.807) is 32.0 Å². The summed E-state index contributed by atoms with van der Waals surface area (Å²) >= 11 is 5.79. The number of hydrogen-bond acceptors (Lipinski definition) is 4. The lowest BCUT2D eigenvalue weighted by atomic mass is 9.97. The predicted molar refractivity (Wildman–Crippen MR) is 87.0 cm³/mol. The van der Waals surface area contributed by atoms with Crippen LogP contribution in [0, 0.1) is 25.2 Å². The topological polar surface area (TPSA) is 67.2 Å². The second kappa shape index (κ2) is 6.64. The molecule has 0 aliphatic rings. The number of nitriles is 1. The zero-order valence-corrected chi connectivity index (χ0v) is 13.7. The number of halogens is 1. The van der Waals surface area contributed by atoms with Crippen molar-refractivity contribution in [2.75, 3.05) is 0 Å². The largest absolute Gasteiger partial charge is 0.421 e. The highest BCUT2D eigenvalue weighted by molar-refractivity contribution is 6.30. The lowest BCUT2D eigenvalue weighted by Crippen LogP contribution is -2.13. The molecular weight excluding hydrogens is 314 g/mol. The minimum Gasteiger partial charge on any atom is -0.421 e. The van der Waals surface area contributed by atoms with Gasteiger partial charge in [-0.1, -0.05) is 11.6 Å². The van der Waals surface area contributed by atoms with Crippen LogP contribution in [0.25, 0.3) is 0 Å². The number of benzene rings is 2. The number of esters is 1. The van der Waals surface area contributed by atoms with E-state index in [1.807, 2.05) is 6.07 Å². The number of aryl methyl sites for hydroxylation is 1. The highest BCUT2D eigenvalue weighted by Gasteiger charge is 2.21. The van der Waals surface area contributed by atoms with E-state index in [0.29, 0.717) is 10.6 Å². The van der Waals surface area contributed by atoms with Gasteiger partial charge in [-0.2, -0.15) is 5.26 Å². The molecule has 0 aromatic heterocycles. The second-order valence-electron chi connectivity index (χ2n) is 5.13. The van der Waals surface area contributed by atoms with Crippen LogP contribution in [0.5, 0.6) is 5.75 Å². The molecule has 0 saturated heterocycles. The number of nitrogens with zero attached hydrogens (tertiary/aromatic N) is 1. The highest BCUT2D eigenvalue weighted by atomic mass is 35.5. The molecule has 0 aliphatic heterocycles. The molecule has 0 amide bonds. The van der Waals surface area contributed by atoms with E-state index in [0.717, 1.165) is 5.56 Å². The monoisotopic (exact) mass is 327 g/mol. The van der Waals surface area contributed by atoms with Crippen LogP contribution in [-0.4, -0.2) is 11.8 Å². The molecule has 0 saturated carbocycles. The third kappa shape index (κ3) is 3.41. The molecule has 0 N–H and O–H groups in total. The summed E-state index contributed by atoms with van der Waals surface area (Å²) in [6.07, 6.45) is 0. The Morgan fingerprint density at radius 3 is 2.30 bits per heavy atom. The summed E-state index contributed by atoms with van der Waals surface area (Å²) in [5.41, 5.74) is 2.16. The molecule has 116 valence electrons. The summed E-state index contributed by atoms with van der Waals surface area (Å²) < 4.78 is 5.37. The Kier molecular flexibility index (Phi) is 4.83. The van der Waals surface area contributed by atoms with E-state index in [9.17, 15) is 14.9 Å². The Morgan fingerprint density at radius 2 is 1.78 bits per heavy atom. The third-order valence-electron chi connectivity index (χ3n) is 3.56. The van der Waals surface area contributed by atoms with Crippen molar-refractivity contribution in [3.05, 3.63) is 63.2 Å². The summed E-state index contributed by atoms with van der Waals surface area (Å²) in [5.74, 6) is -0.921. The summed E-state index contributed by atoms with van der Waals surface area (Å²) in [6.45, 7) is 4.91. The molecule has 0 radical (unpaired) electrons. The Hall–Kier alpha value is -2.64. The van der Waals surface area contributed by atoms with Crippen molar-refractivity contribution in [3.8, 4) is 11.8 Å². The molecule has 0 heterocycles. The maximum atomic E-state index is 12.3. The van der Waals surface area contributed by atoms with Crippen molar-refractivity contribution in [1.82, 2.24) is 0 Å². The number of carbonyl (C=O) groups is 2. The SMILES string of the molecule is CC(=O)c1cc(C)c(C)c(C#N)c1OC(=O)c1ccc(Cl)cc1. The fourth-order valence-corrected chi connectivity index (χ4v) is 2.26. The van der Waals surface area contributed by atoms with Crippen molar-refractivity contribution < 1.29 is 14.3 Å². The van der Waals surface area contributed by atoms with Crippen LogP contribution in [0.3, 0.4) is 0 Å². The molecule has 0 bridgehead atoms. The van der Waals surface area contributed by atoms with E-state index in [2.05, 4.69) is 0 Å². The Bertz CT molecular complexity index is 833. The minimum atomic E-state index is -0.649. The zero-order chi connectivity index (χ0) is 17.1. The predicted octanol–water partition coefficient (Wildman–Crippen LogP) is 4.25. The molecule has 2 aromatic carbocycles. The van der Waals surface area contributed by atoms with Crippen molar-refractivity contribution in [2.24, 2.45) is 0 Å². The first kappa shape index (κ1) is 16.7. The lowest BCUT2D eigenvalue weighted by molar-refractivity contribution is 0.0732. The Morgan fingerprint density at radius 1 is 1.17 bits per heavy atom. The number of ketones is 1. The average molecular weight is 328 g/mol. The van der Waals surface area contributed by atoms with Gasteiger partial charge in [-0.15, -0.1) is 0 Å². The molecule has 0 unspecified atom stereocenters. The number of hydrogen-bond donors (Lipinski definition) is 0. The summed E-state index contributed by atoms with van der Waals surface area (Å²) in [5, 5.41) is 9.87. The second-order valence-corrected chi connectivity index (χ2v) is 5.57. The fourth-order valence-electron chi connectivity index (χ4n) is 2.13. The highest BCUT2D eigenvalue weighted by Crippen LogP contribution is 2.30. The van der Waals surface area contributed by atoms with Gasteiger partial charge in [-0.05, 0) is 62.2 Å². The van der Waals surface area contributed by atoms with E-state index in [1.165, 1.54) is 19.1 Å².